The van der Waals surface area contributed by atoms with E-state index >= 15 is 0 Å². The smallest absolute Gasteiger partial charge is 0.263 e. The van der Waals surface area contributed by atoms with Crippen LogP contribution in [0.25, 0.3) is 33.7 Å². The van der Waals surface area contributed by atoms with Crippen LogP contribution in [-0.4, -0.2) is 14.7 Å². The molecular formula is C19H15N3O2. The molecule has 4 rings (SSSR count). The van der Waals surface area contributed by atoms with E-state index < -0.39 is 0 Å². The van der Waals surface area contributed by atoms with Crippen LogP contribution in [0.3, 0.4) is 0 Å². The van der Waals surface area contributed by atoms with Crippen molar-refractivity contribution in [2.24, 2.45) is 7.05 Å². The topological polar surface area (TPSA) is 60.9 Å². The maximum atomic E-state index is 12.8. The summed E-state index contributed by atoms with van der Waals surface area (Å²) in [5.41, 5.74) is 3.06. The van der Waals surface area contributed by atoms with Crippen molar-refractivity contribution in [1.82, 2.24) is 14.7 Å². The first-order chi connectivity index (χ1) is 11.6. The summed E-state index contributed by atoms with van der Waals surface area (Å²) >= 11 is 0. The lowest BCUT2D eigenvalue weighted by molar-refractivity contribution is 0.432. The van der Waals surface area contributed by atoms with Gasteiger partial charge in [0.1, 0.15) is 5.56 Å². The second-order valence-corrected chi connectivity index (χ2v) is 5.79. The molecule has 0 atom stereocenters. The van der Waals surface area contributed by atoms with Crippen LogP contribution >= 0.6 is 0 Å². The molecule has 4 aromatic rings. The molecule has 0 spiro atoms. The van der Waals surface area contributed by atoms with E-state index in [0.717, 1.165) is 16.6 Å². The zero-order valence-electron chi connectivity index (χ0n) is 13.4. The van der Waals surface area contributed by atoms with Gasteiger partial charge in [-0.05, 0) is 19.1 Å². The van der Waals surface area contributed by atoms with Crippen LogP contribution in [0.4, 0.5) is 0 Å². The number of pyridine rings is 1. The third-order valence-corrected chi connectivity index (χ3v) is 4.03. The number of benzene rings is 2. The Bertz CT molecular complexity index is 1090. The van der Waals surface area contributed by atoms with Crippen LogP contribution in [0.5, 0.6) is 0 Å². The molecular weight excluding hydrogens is 302 g/mol. The fourth-order valence-electron chi connectivity index (χ4n) is 2.80. The first kappa shape index (κ1) is 14.4. The van der Waals surface area contributed by atoms with Gasteiger partial charge >= 0.3 is 0 Å². The molecule has 118 valence electrons. The van der Waals surface area contributed by atoms with Gasteiger partial charge in [-0.1, -0.05) is 47.1 Å². The van der Waals surface area contributed by atoms with Gasteiger partial charge in [-0.15, -0.1) is 0 Å². The number of fused-ring (bicyclic) bond motifs is 1. The Balaban J connectivity index is 1.90. The summed E-state index contributed by atoms with van der Waals surface area (Å²) in [5.74, 6) is 0.704. The summed E-state index contributed by atoms with van der Waals surface area (Å²) in [7, 11) is 1.90. The minimum atomic E-state index is -0.102. The van der Waals surface area contributed by atoms with Gasteiger partial charge in [-0.3, -0.25) is 4.79 Å². The third-order valence-electron chi connectivity index (χ3n) is 4.03. The fourth-order valence-corrected chi connectivity index (χ4v) is 2.80. The zero-order valence-corrected chi connectivity index (χ0v) is 13.4. The molecule has 0 bridgehead atoms. The Labute approximate surface area is 138 Å². The number of nitrogens with zero attached hydrogens (tertiary/aromatic N) is 3. The van der Waals surface area contributed by atoms with Crippen LogP contribution in [0.1, 0.15) is 5.56 Å². The summed E-state index contributed by atoms with van der Waals surface area (Å²) < 4.78 is 7.25. The molecule has 5 nitrogen and oxygen atoms in total. The maximum Gasteiger partial charge on any atom is 0.263 e. The molecule has 0 amide bonds. The van der Waals surface area contributed by atoms with E-state index in [4.69, 9.17) is 4.52 Å². The van der Waals surface area contributed by atoms with E-state index in [1.54, 1.807) is 6.20 Å². The molecule has 0 aliphatic rings. The van der Waals surface area contributed by atoms with E-state index in [1.165, 1.54) is 0 Å². The molecule has 0 radical (unpaired) electrons. The maximum absolute atomic E-state index is 12.8. The molecule has 2 aromatic carbocycles. The number of aryl methyl sites for hydroxylation is 2. The van der Waals surface area contributed by atoms with Gasteiger partial charge in [0.25, 0.3) is 5.89 Å². The number of aromatic nitrogens is 3. The van der Waals surface area contributed by atoms with E-state index in [0.29, 0.717) is 16.8 Å². The van der Waals surface area contributed by atoms with Gasteiger partial charge < -0.3 is 9.09 Å². The molecule has 0 aliphatic heterocycles. The molecule has 0 aliphatic carbocycles. The average Bonchev–Trinajstić information content (AvgIpc) is 3.08. The zero-order chi connectivity index (χ0) is 16.7. The Kier molecular flexibility index (Phi) is 3.27. The first-order valence-electron chi connectivity index (χ1n) is 7.63. The SMILES string of the molecule is Cc1ccc2c(c1)c(=O)c(-c1nc(-c3ccccc3)no1)cn2C. The molecule has 0 N–H and O–H groups in total. The van der Waals surface area contributed by atoms with Gasteiger partial charge in [0.2, 0.25) is 11.3 Å². The molecule has 2 heterocycles. The normalized spacial score (nSPS) is 11.1. The van der Waals surface area contributed by atoms with Gasteiger partial charge in [-0.25, -0.2) is 0 Å². The summed E-state index contributed by atoms with van der Waals surface area (Å²) in [4.78, 5) is 17.2. The third kappa shape index (κ3) is 2.31. The van der Waals surface area contributed by atoms with Crippen molar-refractivity contribution in [3.05, 3.63) is 70.5 Å². The second kappa shape index (κ2) is 5.45. The van der Waals surface area contributed by atoms with Gasteiger partial charge in [0.15, 0.2) is 0 Å². The van der Waals surface area contributed by atoms with Gasteiger partial charge in [0.05, 0.1) is 5.52 Å². The van der Waals surface area contributed by atoms with Crippen LogP contribution in [0, 0.1) is 6.92 Å². The van der Waals surface area contributed by atoms with Crippen LogP contribution in [0.15, 0.2) is 64.0 Å². The van der Waals surface area contributed by atoms with Gasteiger partial charge in [0, 0.05) is 24.2 Å². The van der Waals surface area contributed by atoms with E-state index in [9.17, 15) is 4.79 Å². The average molecular weight is 317 g/mol. The summed E-state index contributed by atoms with van der Waals surface area (Å²) in [5, 5.41) is 4.64. The largest absolute Gasteiger partial charge is 0.350 e. The highest BCUT2D eigenvalue weighted by molar-refractivity contribution is 5.83. The van der Waals surface area contributed by atoms with Crippen LogP contribution < -0.4 is 5.43 Å². The minimum absolute atomic E-state index is 0.102. The summed E-state index contributed by atoms with van der Waals surface area (Å²) in [6.45, 7) is 1.96. The fraction of sp³-hybridized carbons (Fsp3) is 0.105. The monoisotopic (exact) mass is 317 g/mol. The highest BCUT2D eigenvalue weighted by Crippen LogP contribution is 2.22. The highest BCUT2D eigenvalue weighted by atomic mass is 16.5. The van der Waals surface area contributed by atoms with Crippen LogP contribution in [0.2, 0.25) is 0 Å². The van der Waals surface area contributed by atoms with E-state index in [1.807, 2.05) is 67.1 Å². The van der Waals surface area contributed by atoms with Crippen molar-refractivity contribution in [1.29, 1.82) is 0 Å². The quantitative estimate of drug-likeness (QED) is 0.567. The standard InChI is InChI=1S/C19H15N3O2/c1-12-8-9-16-14(10-12)17(23)15(11-22(16)2)19-20-18(21-24-19)13-6-4-3-5-7-13/h3-11H,1-2H3. The Hall–Kier alpha value is -3.21. The molecule has 0 fully saturated rings. The summed E-state index contributed by atoms with van der Waals surface area (Å²) in [6, 6.07) is 15.3. The molecule has 0 saturated heterocycles. The molecule has 0 unspecified atom stereocenters. The lowest BCUT2D eigenvalue weighted by Gasteiger charge is -2.07. The van der Waals surface area contributed by atoms with E-state index in [2.05, 4.69) is 10.1 Å². The van der Waals surface area contributed by atoms with Crippen molar-refractivity contribution in [2.75, 3.05) is 0 Å². The Morgan fingerprint density at radius 1 is 1.08 bits per heavy atom. The predicted molar refractivity (Wildman–Crippen MR) is 92.7 cm³/mol. The number of rotatable bonds is 2. The van der Waals surface area contributed by atoms with Gasteiger partial charge in [-0.2, -0.15) is 4.98 Å². The second-order valence-electron chi connectivity index (χ2n) is 5.79. The lowest BCUT2D eigenvalue weighted by Crippen LogP contribution is -2.10. The van der Waals surface area contributed by atoms with Crippen LogP contribution in [-0.2, 0) is 7.05 Å². The van der Waals surface area contributed by atoms with Crippen molar-refractivity contribution >= 4 is 10.9 Å². The van der Waals surface area contributed by atoms with Crippen molar-refractivity contribution < 1.29 is 4.52 Å². The predicted octanol–water partition coefficient (Wildman–Crippen LogP) is 3.56. The Morgan fingerprint density at radius 2 is 1.88 bits per heavy atom. The first-order valence-corrected chi connectivity index (χ1v) is 7.63. The van der Waals surface area contributed by atoms with Crippen molar-refractivity contribution in [2.45, 2.75) is 6.92 Å². The lowest BCUT2D eigenvalue weighted by atomic mass is 10.1. The Morgan fingerprint density at radius 3 is 2.67 bits per heavy atom. The number of hydrogen-bond donors (Lipinski definition) is 0. The molecule has 0 saturated carbocycles. The highest BCUT2D eigenvalue weighted by Gasteiger charge is 2.16. The van der Waals surface area contributed by atoms with Crippen molar-refractivity contribution in [3.8, 4) is 22.8 Å². The number of hydrogen-bond acceptors (Lipinski definition) is 4. The minimum Gasteiger partial charge on any atom is -0.350 e. The summed E-state index contributed by atoms with van der Waals surface area (Å²) in [6.07, 6.45) is 1.74. The van der Waals surface area contributed by atoms with E-state index in [-0.39, 0.29) is 11.3 Å². The molecule has 5 heteroatoms. The van der Waals surface area contributed by atoms with Crippen molar-refractivity contribution in [3.63, 3.8) is 0 Å². The molecule has 24 heavy (non-hydrogen) atoms. The molecule has 2 aromatic heterocycles.